The van der Waals surface area contributed by atoms with Gasteiger partial charge in [-0.3, -0.25) is 9.69 Å². The number of nitrogens with zero attached hydrogens (tertiary/aromatic N) is 5. The van der Waals surface area contributed by atoms with Gasteiger partial charge < -0.3 is 10.4 Å². The largest absolute Gasteiger partial charge is 0.478 e. The van der Waals surface area contributed by atoms with Crippen LogP contribution in [-0.4, -0.2) is 60.6 Å². The van der Waals surface area contributed by atoms with Gasteiger partial charge in [0.2, 0.25) is 0 Å². The van der Waals surface area contributed by atoms with E-state index in [2.05, 4.69) is 62.8 Å². The molecule has 1 aliphatic rings. The van der Waals surface area contributed by atoms with E-state index in [0.717, 1.165) is 77.2 Å². The average Bonchev–Trinajstić information content (AvgIpc) is 3.46. The van der Waals surface area contributed by atoms with E-state index >= 15 is 0 Å². The molecule has 1 fully saturated rings. The third-order valence-corrected chi connectivity index (χ3v) is 8.42. The number of likely N-dealkylation sites (tertiary alicyclic amines) is 1. The predicted molar refractivity (Wildman–Crippen MR) is 173 cm³/mol. The zero-order valence-corrected chi connectivity index (χ0v) is 24.9. The smallest absolute Gasteiger partial charge is 0.336 e. The number of hydrogen-bond donors (Lipinski definition) is 2. The molecule has 2 N–H and O–H groups in total. The Kier molecular flexibility index (Phi) is 7.52. The highest BCUT2D eigenvalue weighted by Gasteiger charge is 2.23. The average molecular weight is 597 g/mol. The Bertz CT molecular complexity index is 2030. The maximum absolute atomic E-state index is 12.8. The van der Waals surface area contributed by atoms with Gasteiger partial charge in [0.05, 0.1) is 22.5 Å². The van der Waals surface area contributed by atoms with Gasteiger partial charge in [0.25, 0.3) is 5.91 Å². The summed E-state index contributed by atoms with van der Waals surface area (Å²) in [6.07, 6.45) is 3.47. The normalized spacial score (nSPS) is 14.2. The molecule has 0 unspecified atom stereocenters. The lowest BCUT2D eigenvalue weighted by Crippen LogP contribution is -2.44. The van der Waals surface area contributed by atoms with E-state index in [-0.39, 0.29) is 23.1 Å². The number of fused-ring (bicyclic) bond motifs is 3. The summed E-state index contributed by atoms with van der Waals surface area (Å²) in [5, 5.41) is 18.0. The summed E-state index contributed by atoms with van der Waals surface area (Å²) in [5.41, 5.74) is 7.90. The number of carboxylic acids is 1. The number of aryl methyl sites for hydroxylation is 1. The summed E-state index contributed by atoms with van der Waals surface area (Å²) < 4.78 is 1.81. The number of pyridine rings is 1. The first kappa shape index (κ1) is 28.4. The quantitative estimate of drug-likeness (QED) is 0.232. The van der Waals surface area contributed by atoms with Crippen molar-refractivity contribution in [2.75, 3.05) is 13.1 Å². The Balaban J connectivity index is 1.07. The Morgan fingerprint density at radius 2 is 1.60 bits per heavy atom. The SMILES string of the molecule is Cc1cc2ncc3cc(-c4ccccc4)c(-c4ccc(CN5CCC(NC(=O)c6ccccc6C(=O)O)CC5)cc4)nc3n2n1. The third kappa shape index (κ3) is 5.77. The van der Waals surface area contributed by atoms with E-state index in [1.807, 2.05) is 41.9 Å². The van der Waals surface area contributed by atoms with Gasteiger partial charge in [0.15, 0.2) is 11.3 Å². The van der Waals surface area contributed by atoms with Crippen LogP contribution in [0.25, 0.3) is 39.1 Å². The van der Waals surface area contributed by atoms with E-state index in [4.69, 9.17) is 4.98 Å². The van der Waals surface area contributed by atoms with E-state index in [0.29, 0.717) is 0 Å². The first-order valence-corrected chi connectivity index (χ1v) is 15.1. The van der Waals surface area contributed by atoms with Crippen molar-refractivity contribution in [3.05, 3.63) is 120 Å². The second-order valence-electron chi connectivity index (χ2n) is 11.5. The number of aromatic nitrogens is 4. The van der Waals surface area contributed by atoms with Crippen molar-refractivity contribution in [1.29, 1.82) is 0 Å². The number of rotatable bonds is 7. The van der Waals surface area contributed by atoms with Gasteiger partial charge in [0.1, 0.15) is 0 Å². The number of benzene rings is 3. The molecule has 1 aliphatic heterocycles. The van der Waals surface area contributed by atoms with Crippen LogP contribution < -0.4 is 5.32 Å². The highest BCUT2D eigenvalue weighted by molar-refractivity contribution is 6.04. The first-order chi connectivity index (χ1) is 21.9. The molecule has 1 saturated heterocycles. The molecule has 45 heavy (non-hydrogen) atoms. The van der Waals surface area contributed by atoms with Gasteiger partial charge >= 0.3 is 5.97 Å². The summed E-state index contributed by atoms with van der Waals surface area (Å²) >= 11 is 0. The summed E-state index contributed by atoms with van der Waals surface area (Å²) in [4.78, 5) is 36.5. The van der Waals surface area contributed by atoms with Crippen molar-refractivity contribution >= 4 is 28.6 Å². The highest BCUT2D eigenvalue weighted by Crippen LogP contribution is 2.33. The number of piperidine rings is 1. The predicted octanol–water partition coefficient (Wildman–Crippen LogP) is 6.01. The van der Waals surface area contributed by atoms with Crippen LogP contribution in [-0.2, 0) is 6.54 Å². The first-order valence-electron chi connectivity index (χ1n) is 15.1. The van der Waals surface area contributed by atoms with Crippen molar-refractivity contribution in [2.45, 2.75) is 32.4 Å². The zero-order chi connectivity index (χ0) is 30.9. The third-order valence-electron chi connectivity index (χ3n) is 8.42. The maximum atomic E-state index is 12.8. The second-order valence-corrected chi connectivity index (χ2v) is 11.5. The van der Waals surface area contributed by atoms with Crippen LogP contribution in [0.15, 0.2) is 97.2 Å². The van der Waals surface area contributed by atoms with Crippen LogP contribution in [0.5, 0.6) is 0 Å². The lowest BCUT2D eigenvalue weighted by molar-refractivity contribution is 0.0689. The van der Waals surface area contributed by atoms with Crippen LogP contribution in [0.3, 0.4) is 0 Å². The van der Waals surface area contributed by atoms with Crippen LogP contribution in [0.2, 0.25) is 0 Å². The number of carbonyl (C=O) groups excluding carboxylic acids is 1. The molecule has 6 aromatic rings. The van der Waals surface area contributed by atoms with Crippen LogP contribution in [0, 0.1) is 6.92 Å². The monoisotopic (exact) mass is 596 g/mol. The number of hydrogen-bond acceptors (Lipinski definition) is 6. The molecule has 9 heteroatoms. The van der Waals surface area contributed by atoms with Gasteiger partial charge in [0, 0.05) is 54.5 Å². The van der Waals surface area contributed by atoms with E-state index < -0.39 is 5.97 Å². The molecule has 7 rings (SSSR count). The van der Waals surface area contributed by atoms with E-state index in [9.17, 15) is 14.7 Å². The fraction of sp³-hybridized carbons (Fsp3) is 0.194. The van der Waals surface area contributed by atoms with Gasteiger partial charge in [-0.15, -0.1) is 0 Å². The van der Waals surface area contributed by atoms with Gasteiger partial charge in [-0.2, -0.15) is 9.61 Å². The van der Waals surface area contributed by atoms with Crippen LogP contribution in [0.1, 0.15) is 44.8 Å². The number of carbonyl (C=O) groups is 2. The minimum Gasteiger partial charge on any atom is -0.478 e. The van der Waals surface area contributed by atoms with E-state index in [1.165, 1.54) is 11.6 Å². The molecule has 0 saturated carbocycles. The lowest BCUT2D eigenvalue weighted by atomic mass is 9.97. The second kappa shape index (κ2) is 11.9. The Morgan fingerprint density at radius 1 is 0.889 bits per heavy atom. The van der Waals surface area contributed by atoms with Gasteiger partial charge in [-0.25, -0.2) is 14.8 Å². The summed E-state index contributed by atoms with van der Waals surface area (Å²) in [5.74, 6) is -1.43. The summed E-state index contributed by atoms with van der Waals surface area (Å²) in [6, 6.07) is 29.3. The number of amides is 1. The Labute approximate surface area is 260 Å². The summed E-state index contributed by atoms with van der Waals surface area (Å²) in [6.45, 7) is 4.44. The van der Waals surface area contributed by atoms with Crippen molar-refractivity contribution in [2.24, 2.45) is 0 Å². The molecule has 0 spiro atoms. The molecular weight excluding hydrogens is 564 g/mol. The minimum absolute atomic E-state index is 0.00797. The van der Waals surface area contributed by atoms with E-state index in [1.54, 1.807) is 18.2 Å². The minimum atomic E-state index is -1.10. The van der Waals surface area contributed by atoms with Gasteiger partial charge in [-0.1, -0.05) is 66.7 Å². The van der Waals surface area contributed by atoms with Crippen molar-refractivity contribution < 1.29 is 14.7 Å². The lowest BCUT2D eigenvalue weighted by Gasteiger charge is -2.32. The van der Waals surface area contributed by atoms with Gasteiger partial charge in [-0.05, 0) is 49.1 Å². The molecular formula is C36H32N6O3. The van der Waals surface area contributed by atoms with Crippen LogP contribution in [0.4, 0.5) is 0 Å². The number of nitrogens with one attached hydrogen (secondary N) is 1. The molecule has 3 aromatic carbocycles. The molecule has 3 aromatic heterocycles. The molecule has 1 amide bonds. The maximum Gasteiger partial charge on any atom is 0.336 e. The Morgan fingerprint density at radius 3 is 2.33 bits per heavy atom. The number of aromatic carboxylic acids is 1. The van der Waals surface area contributed by atoms with Crippen molar-refractivity contribution in [1.82, 2.24) is 29.8 Å². The molecule has 0 radical (unpaired) electrons. The Hall–Kier alpha value is -5.41. The molecule has 0 atom stereocenters. The summed E-state index contributed by atoms with van der Waals surface area (Å²) in [7, 11) is 0. The number of carboxylic acid groups (broad SMARTS) is 1. The molecule has 224 valence electrons. The molecule has 4 heterocycles. The fourth-order valence-electron chi connectivity index (χ4n) is 6.10. The topological polar surface area (TPSA) is 113 Å². The van der Waals surface area contributed by atoms with Crippen LogP contribution >= 0.6 is 0 Å². The van der Waals surface area contributed by atoms with Crippen molar-refractivity contribution in [3.8, 4) is 22.4 Å². The van der Waals surface area contributed by atoms with Crippen molar-refractivity contribution in [3.63, 3.8) is 0 Å². The zero-order valence-electron chi connectivity index (χ0n) is 24.9. The fourth-order valence-corrected chi connectivity index (χ4v) is 6.10. The highest BCUT2D eigenvalue weighted by atomic mass is 16.4. The molecule has 9 nitrogen and oxygen atoms in total. The molecule has 0 bridgehead atoms. The standard InChI is InChI=1S/C36H32N6O3/c1-23-19-32-37-21-27-20-31(25-7-3-2-4-8-25)33(39-34(27)42(32)40-23)26-13-11-24(12-14-26)22-41-17-15-28(16-18-41)38-35(43)29-9-5-6-10-30(29)36(44)45/h2-14,19-21,28H,15-18,22H2,1H3,(H,38,43)(H,44,45). The molecule has 0 aliphatic carbocycles.